The molecule has 148 valence electrons. The molecule has 1 aliphatic carbocycles. The molecule has 8 heteroatoms. The highest BCUT2D eigenvalue weighted by atomic mass is 32.2. The van der Waals surface area contributed by atoms with Gasteiger partial charge in [-0.2, -0.15) is 0 Å². The van der Waals surface area contributed by atoms with E-state index >= 15 is 0 Å². The van der Waals surface area contributed by atoms with Crippen molar-refractivity contribution in [3.8, 4) is 11.1 Å². The fourth-order valence-electron chi connectivity index (χ4n) is 3.65. The lowest BCUT2D eigenvalue weighted by molar-refractivity contribution is -0.143. The summed E-state index contributed by atoms with van der Waals surface area (Å²) in [5, 5.41) is 9.80. The number of nitrogens with zero attached hydrogens (tertiary/aromatic N) is 1. The van der Waals surface area contributed by atoms with Crippen molar-refractivity contribution in [3.63, 3.8) is 0 Å². The molecule has 0 saturated heterocycles. The second-order valence-corrected chi connectivity index (χ2v) is 8.99. The van der Waals surface area contributed by atoms with Gasteiger partial charge in [0.25, 0.3) is 0 Å². The van der Waals surface area contributed by atoms with Crippen LogP contribution in [0.2, 0.25) is 0 Å². The van der Waals surface area contributed by atoms with Crippen LogP contribution >= 0.6 is 0 Å². The molecule has 7 nitrogen and oxygen atoms in total. The van der Waals surface area contributed by atoms with Gasteiger partial charge in [0.1, 0.15) is 15.9 Å². The Morgan fingerprint density at radius 2 is 1.57 bits per heavy atom. The lowest BCUT2D eigenvalue weighted by Crippen LogP contribution is -2.47. The first kappa shape index (κ1) is 19.9. The highest BCUT2D eigenvalue weighted by molar-refractivity contribution is 7.90. The molecule has 0 bridgehead atoms. The van der Waals surface area contributed by atoms with Crippen LogP contribution in [-0.4, -0.2) is 55.6 Å². The Hall–Kier alpha value is -2.87. The maximum atomic E-state index is 12.7. The van der Waals surface area contributed by atoms with Gasteiger partial charge in [0.2, 0.25) is 0 Å². The molecule has 2 aromatic rings. The molecule has 1 aliphatic rings. The first-order chi connectivity index (χ1) is 13.2. The third-order valence-corrected chi connectivity index (χ3v) is 5.82. The zero-order valence-corrected chi connectivity index (χ0v) is 16.3. The molecule has 0 spiro atoms. The fraction of sp³-hybridized carbons (Fsp3) is 0.300. The van der Waals surface area contributed by atoms with E-state index in [9.17, 15) is 23.1 Å². The number of carboxylic acids is 1. The van der Waals surface area contributed by atoms with Crippen molar-refractivity contribution in [2.75, 3.05) is 19.1 Å². The summed E-state index contributed by atoms with van der Waals surface area (Å²) >= 11 is 0. The van der Waals surface area contributed by atoms with Crippen LogP contribution in [0.3, 0.4) is 0 Å². The minimum absolute atomic E-state index is 0.232. The van der Waals surface area contributed by atoms with Crippen LogP contribution in [-0.2, 0) is 19.4 Å². The van der Waals surface area contributed by atoms with Gasteiger partial charge in [-0.25, -0.2) is 18.0 Å². The molecule has 1 atom stereocenters. The van der Waals surface area contributed by atoms with Crippen LogP contribution < -0.4 is 0 Å². The van der Waals surface area contributed by atoms with Gasteiger partial charge >= 0.3 is 12.1 Å². The predicted octanol–water partition coefficient (Wildman–Crippen LogP) is 2.71. The maximum absolute atomic E-state index is 12.7. The molecule has 1 N–H and O–H groups in total. The fourth-order valence-corrected chi connectivity index (χ4v) is 4.31. The van der Waals surface area contributed by atoms with Crippen LogP contribution in [0.25, 0.3) is 11.1 Å². The lowest BCUT2D eigenvalue weighted by Gasteiger charge is -2.34. The summed E-state index contributed by atoms with van der Waals surface area (Å²) in [7, 11) is -2.23. The number of ether oxygens (including phenoxy) is 1. The Kier molecular flexibility index (Phi) is 5.42. The number of carboxylic acid groups (broad SMARTS) is 1. The standard InChI is InChI=1S/C20H21NO6S/c1-27-20(24)21(17(19(22)23)11-12-28(2,25)26)18-15-9-5-3-7-13(15)14-8-4-6-10-16(14)18/h3-10,17-18H,11-12H2,1-2H3,(H,22,23)/t17-/m0/s1. The molecule has 0 radical (unpaired) electrons. The molecule has 0 aliphatic heterocycles. The van der Waals surface area contributed by atoms with Gasteiger partial charge in [-0.1, -0.05) is 48.5 Å². The number of aliphatic carboxylic acids is 1. The number of sulfone groups is 1. The van der Waals surface area contributed by atoms with Crippen molar-refractivity contribution in [2.45, 2.75) is 18.5 Å². The Morgan fingerprint density at radius 1 is 1.07 bits per heavy atom. The summed E-state index contributed by atoms with van der Waals surface area (Å²) < 4.78 is 28.1. The molecule has 0 unspecified atom stereocenters. The smallest absolute Gasteiger partial charge is 0.411 e. The Bertz CT molecular complexity index is 971. The van der Waals surface area contributed by atoms with E-state index in [1.165, 1.54) is 7.11 Å². The molecule has 0 aromatic heterocycles. The van der Waals surface area contributed by atoms with E-state index in [4.69, 9.17) is 4.74 Å². The van der Waals surface area contributed by atoms with Gasteiger partial charge in [-0.05, 0) is 28.7 Å². The first-order valence-electron chi connectivity index (χ1n) is 8.69. The van der Waals surface area contributed by atoms with E-state index in [-0.39, 0.29) is 12.2 Å². The number of hydrogen-bond acceptors (Lipinski definition) is 5. The number of carbonyl (C=O) groups excluding carboxylic acids is 1. The molecule has 1 amide bonds. The van der Waals surface area contributed by atoms with Crippen molar-refractivity contribution in [1.29, 1.82) is 0 Å². The van der Waals surface area contributed by atoms with Gasteiger partial charge in [0.15, 0.2) is 0 Å². The molecule has 0 fully saturated rings. The number of methoxy groups -OCH3 is 1. The van der Waals surface area contributed by atoms with Crippen molar-refractivity contribution >= 4 is 21.9 Å². The number of benzene rings is 2. The number of fused-ring (bicyclic) bond motifs is 3. The van der Waals surface area contributed by atoms with Crippen LogP contribution in [0.1, 0.15) is 23.6 Å². The second kappa shape index (κ2) is 7.63. The molecule has 2 aromatic carbocycles. The highest BCUT2D eigenvalue weighted by Gasteiger charge is 2.42. The van der Waals surface area contributed by atoms with E-state index in [0.29, 0.717) is 0 Å². The Morgan fingerprint density at radius 3 is 2.00 bits per heavy atom. The van der Waals surface area contributed by atoms with Gasteiger partial charge < -0.3 is 9.84 Å². The summed E-state index contributed by atoms with van der Waals surface area (Å²) in [5.74, 6) is -1.64. The van der Waals surface area contributed by atoms with Crippen molar-refractivity contribution in [1.82, 2.24) is 4.90 Å². The van der Waals surface area contributed by atoms with Gasteiger partial charge in [0.05, 0.1) is 18.9 Å². The molecular weight excluding hydrogens is 382 g/mol. The van der Waals surface area contributed by atoms with Crippen LogP contribution in [0, 0.1) is 0 Å². The Labute approximate surface area is 163 Å². The monoisotopic (exact) mass is 403 g/mol. The molecular formula is C20H21NO6S. The quantitative estimate of drug-likeness (QED) is 0.796. The number of rotatable bonds is 6. The summed E-state index contributed by atoms with van der Waals surface area (Å²) in [6.45, 7) is 0. The van der Waals surface area contributed by atoms with Crippen LogP contribution in [0.5, 0.6) is 0 Å². The number of carbonyl (C=O) groups is 2. The van der Waals surface area contributed by atoms with Crippen molar-refractivity contribution < 1.29 is 27.9 Å². The first-order valence-corrected chi connectivity index (χ1v) is 10.8. The zero-order valence-electron chi connectivity index (χ0n) is 15.5. The average Bonchev–Trinajstić information content (AvgIpc) is 2.98. The molecule has 0 saturated carbocycles. The van der Waals surface area contributed by atoms with Gasteiger partial charge in [-0.15, -0.1) is 0 Å². The topological polar surface area (TPSA) is 101 Å². The number of amides is 1. The van der Waals surface area contributed by atoms with Gasteiger partial charge in [-0.3, -0.25) is 4.90 Å². The van der Waals surface area contributed by atoms with E-state index in [2.05, 4.69) is 0 Å². The predicted molar refractivity (Wildman–Crippen MR) is 104 cm³/mol. The van der Waals surface area contributed by atoms with E-state index in [1.807, 2.05) is 48.5 Å². The highest BCUT2D eigenvalue weighted by Crippen LogP contribution is 2.47. The zero-order chi connectivity index (χ0) is 20.5. The van der Waals surface area contributed by atoms with Crippen molar-refractivity contribution in [2.24, 2.45) is 0 Å². The summed E-state index contributed by atoms with van der Waals surface area (Å²) in [4.78, 5) is 25.8. The minimum Gasteiger partial charge on any atom is -0.480 e. The SMILES string of the molecule is COC(=O)N(C1c2ccccc2-c2ccccc21)[C@@H](CCS(C)(=O)=O)C(=O)O. The van der Waals surface area contributed by atoms with Crippen molar-refractivity contribution in [3.05, 3.63) is 59.7 Å². The lowest BCUT2D eigenvalue weighted by atomic mass is 10.0. The van der Waals surface area contributed by atoms with E-state index in [1.54, 1.807) is 0 Å². The average molecular weight is 403 g/mol. The Balaban J connectivity index is 2.14. The normalized spacial score (nSPS) is 14.1. The summed E-state index contributed by atoms with van der Waals surface area (Å²) in [5.41, 5.74) is 3.37. The second-order valence-electron chi connectivity index (χ2n) is 6.73. The summed E-state index contributed by atoms with van der Waals surface area (Å²) in [6, 6.07) is 12.9. The minimum atomic E-state index is -3.41. The maximum Gasteiger partial charge on any atom is 0.411 e. The number of hydrogen-bond donors (Lipinski definition) is 1. The third-order valence-electron chi connectivity index (χ3n) is 4.85. The van der Waals surface area contributed by atoms with Gasteiger partial charge in [0, 0.05) is 6.26 Å². The summed E-state index contributed by atoms with van der Waals surface area (Å²) in [6.07, 6.45) is -0.0176. The van der Waals surface area contributed by atoms with Crippen LogP contribution in [0.4, 0.5) is 4.79 Å². The molecule has 28 heavy (non-hydrogen) atoms. The van der Waals surface area contributed by atoms with Crippen LogP contribution in [0.15, 0.2) is 48.5 Å². The molecule has 0 heterocycles. The largest absolute Gasteiger partial charge is 0.480 e. The van der Waals surface area contributed by atoms with E-state index in [0.717, 1.165) is 33.4 Å². The third kappa shape index (κ3) is 3.73. The molecule has 3 rings (SSSR count). The van der Waals surface area contributed by atoms with E-state index < -0.39 is 34.0 Å².